The Morgan fingerprint density at radius 3 is 2.81 bits per heavy atom. The molecule has 2 aromatic rings. The van der Waals surface area contributed by atoms with Gasteiger partial charge in [-0.15, -0.1) is 11.3 Å². The van der Waals surface area contributed by atoms with E-state index in [4.69, 9.17) is 4.74 Å². The monoisotopic (exact) mass is 304 g/mol. The molecule has 0 saturated carbocycles. The van der Waals surface area contributed by atoms with Crippen LogP contribution >= 0.6 is 11.3 Å². The van der Waals surface area contributed by atoms with Gasteiger partial charge in [-0.25, -0.2) is 9.78 Å². The van der Waals surface area contributed by atoms with E-state index in [1.807, 2.05) is 30.3 Å². The molecule has 21 heavy (non-hydrogen) atoms. The maximum absolute atomic E-state index is 11.8. The molecule has 0 fully saturated rings. The van der Waals surface area contributed by atoms with Gasteiger partial charge in [0.25, 0.3) is 0 Å². The van der Waals surface area contributed by atoms with E-state index in [1.54, 1.807) is 5.38 Å². The molecule has 112 valence electrons. The summed E-state index contributed by atoms with van der Waals surface area (Å²) in [5.41, 5.74) is 1.55. The summed E-state index contributed by atoms with van der Waals surface area (Å²) < 4.78 is 5.19. The van der Waals surface area contributed by atoms with Crippen LogP contribution < -0.4 is 5.32 Å². The quantitative estimate of drug-likeness (QED) is 0.787. The van der Waals surface area contributed by atoms with Gasteiger partial charge in [0.15, 0.2) is 10.8 Å². The average Bonchev–Trinajstić information content (AvgIpc) is 2.95. The number of carbonyl (C=O) groups is 1. The highest BCUT2D eigenvalue weighted by Crippen LogP contribution is 2.17. The van der Waals surface area contributed by atoms with Crippen LogP contribution in [0, 0.1) is 5.92 Å². The molecule has 0 bridgehead atoms. The molecule has 5 heteroatoms. The summed E-state index contributed by atoms with van der Waals surface area (Å²) >= 11 is 1.41. The highest BCUT2D eigenvalue weighted by atomic mass is 32.1. The summed E-state index contributed by atoms with van der Waals surface area (Å²) in [6.07, 6.45) is 0.870. The van der Waals surface area contributed by atoms with Gasteiger partial charge in [0.05, 0.1) is 6.61 Å². The van der Waals surface area contributed by atoms with Crippen LogP contribution in [0.5, 0.6) is 0 Å². The lowest BCUT2D eigenvalue weighted by Crippen LogP contribution is -2.08. The number of anilines is 1. The first-order valence-corrected chi connectivity index (χ1v) is 7.93. The van der Waals surface area contributed by atoms with E-state index < -0.39 is 0 Å². The van der Waals surface area contributed by atoms with Gasteiger partial charge in [-0.1, -0.05) is 44.2 Å². The van der Waals surface area contributed by atoms with Gasteiger partial charge in [-0.2, -0.15) is 0 Å². The summed E-state index contributed by atoms with van der Waals surface area (Å²) in [6, 6.07) is 10.1. The molecule has 0 aliphatic heterocycles. The van der Waals surface area contributed by atoms with Gasteiger partial charge in [0, 0.05) is 11.9 Å². The van der Waals surface area contributed by atoms with Crippen molar-refractivity contribution in [1.82, 2.24) is 4.98 Å². The molecular formula is C16H20N2O2S. The molecule has 1 aromatic carbocycles. The van der Waals surface area contributed by atoms with E-state index in [0.717, 1.165) is 11.6 Å². The Morgan fingerprint density at radius 2 is 2.10 bits per heavy atom. The predicted molar refractivity (Wildman–Crippen MR) is 85.6 cm³/mol. The average molecular weight is 304 g/mol. The number of aromatic nitrogens is 1. The topological polar surface area (TPSA) is 51.2 Å². The van der Waals surface area contributed by atoms with Crippen molar-refractivity contribution in [3.8, 4) is 0 Å². The fourth-order valence-corrected chi connectivity index (χ4v) is 2.36. The number of hydrogen-bond acceptors (Lipinski definition) is 5. The summed E-state index contributed by atoms with van der Waals surface area (Å²) in [6.45, 7) is 5.33. The second-order valence-electron chi connectivity index (χ2n) is 5.20. The zero-order chi connectivity index (χ0) is 15.1. The molecule has 0 radical (unpaired) electrons. The molecule has 0 aliphatic carbocycles. The van der Waals surface area contributed by atoms with Crippen molar-refractivity contribution in [2.75, 3.05) is 11.9 Å². The molecule has 0 saturated heterocycles. The first-order chi connectivity index (χ1) is 10.1. The minimum atomic E-state index is -0.348. The SMILES string of the molecule is CC(C)CCOC(=O)c1csc(NCc2ccccc2)n1. The third-order valence-corrected chi connectivity index (χ3v) is 3.73. The van der Waals surface area contributed by atoms with Crippen LogP contribution in [-0.4, -0.2) is 17.6 Å². The van der Waals surface area contributed by atoms with Crippen LogP contribution in [-0.2, 0) is 11.3 Å². The van der Waals surface area contributed by atoms with Crippen molar-refractivity contribution in [3.63, 3.8) is 0 Å². The Balaban J connectivity index is 1.82. The number of ether oxygens (including phenoxy) is 1. The van der Waals surface area contributed by atoms with Crippen molar-refractivity contribution >= 4 is 22.4 Å². The molecule has 0 amide bonds. The van der Waals surface area contributed by atoms with Gasteiger partial charge < -0.3 is 10.1 Å². The van der Waals surface area contributed by atoms with Crippen LogP contribution in [0.3, 0.4) is 0 Å². The number of nitrogens with zero attached hydrogens (tertiary/aromatic N) is 1. The van der Waals surface area contributed by atoms with Gasteiger partial charge >= 0.3 is 5.97 Å². The van der Waals surface area contributed by atoms with E-state index in [0.29, 0.717) is 24.8 Å². The molecule has 4 nitrogen and oxygen atoms in total. The first kappa shape index (κ1) is 15.5. The minimum Gasteiger partial charge on any atom is -0.461 e. The zero-order valence-electron chi connectivity index (χ0n) is 12.3. The number of nitrogens with one attached hydrogen (secondary N) is 1. The molecule has 0 unspecified atom stereocenters. The Bertz CT molecular complexity index is 567. The maximum atomic E-state index is 11.8. The lowest BCUT2D eigenvalue weighted by molar-refractivity contribution is 0.0482. The molecule has 0 atom stereocenters. The lowest BCUT2D eigenvalue weighted by atomic mass is 10.1. The maximum Gasteiger partial charge on any atom is 0.357 e. The van der Waals surface area contributed by atoms with Crippen molar-refractivity contribution in [2.24, 2.45) is 5.92 Å². The van der Waals surface area contributed by atoms with E-state index in [2.05, 4.69) is 24.1 Å². The zero-order valence-corrected chi connectivity index (χ0v) is 13.2. The standard InChI is InChI=1S/C16H20N2O2S/c1-12(2)8-9-20-15(19)14-11-21-16(18-14)17-10-13-6-4-3-5-7-13/h3-7,11-12H,8-10H2,1-2H3,(H,17,18). The van der Waals surface area contributed by atoms with Crippen molar-refractivity contribution in [2.45, 2.75) is 26.8 Å². The third-order valence-electron chi connectivity index (χ3n) is 2.93. The Morgan fingerprint density at radius 1 is 1.33 bits per heavy atom. The van der Waals surface area contributed by atoms with Crippen LogP contribution in [0.25, 0.3) is 0 Å². The molecule has 1 aromatic heterocycles. The lowest BCUT2D eigenvalue weighted by Gasteiger charge is -2.05. The number of thiazole rings is 1. The Kier molecular flexibility index (Phi) is 5.75. The number of hydrogen-bond donors (Lipinski definition) is 1. The highest BCUT2D eigenvalue weighted by molar-refractivity contribution is 7.13. The molecule has 1 heterocycles. The van der Waals surface area contributed by atoms with E-state index in [9.17, 15) is 4.79 Å². The molecule has 1 N–H and O–H groups in total. The van der Waals surface area contributed by atoms with Crippen LogP contribution in [0.1, 0.15) is 36.3 Å². The molecule has 0 spiro atoms. The van der Waals surface area contributed by atoms with E-state index >= 15 is 0 Å². The Labute approximate surface area is 129 Å². The van der Waals surface area contributed by atoms with Crippen LogP contribution in [0.2, 0.25) is 0 Å². The fraction of sp³-hybridized carbons (Fsp3) is 0.375. The summed E-state index contributed by atoms with van der Waals surface area (Å²) in [5.74, 6) is 0.177. The normalized spacial score (nSPS) is 10.6. The fourth-order valence-electron chi connectivity index (χ4n) is 1.68. The van der Waals surface area contributed by atoms with Crippen molar-refractivity contribution in [1.29, 1.82) is 0 Å². The second-order valence-corrected chi connectivity index (χ2v) is 6.05. The summed E-state index contributed by atoms with van der Waals surface area (Å²) in [7, 11) is 0. The van der Waals surface area contributed by atoms with Gasteiger partial charge in [0.1, 0.15) is 0 Å². The van der Waals surface area contributed by atoms with Crippen LogP contribution in [0.4, 0.5) is 5.13 Å². The largest absolute Gasteiger partial charge is 0.461 e. The second kappa shape index (κ2) is 7.78. The number of carbonyl (C=O) groups excluding carboxylic acids is 1. The smallest absolute Gasteiger partial charge is 0.357 e. The van der Waals surface area contributed by atoms with Crippen LogP contribution in [0.15, 0.2) is 35.7 Å². The number of rotatable bonds is 7. The minimum absolute atomic E-state index is 0.348. The number of esters is 1. The predicted octanol–water partition coefficient (Wildman–Crippen LogP) is 3.96. The Hall–Kier alpha value is -1.88. The van der Waals surface area contributed by atoms with Gasteiger partial charge in [-0.05, 0) is 17.9 Å². The molecule has 0 aliphatic rings. The molecular weight excluding hydrogens is 284 g/mol. The first-order valence-electron chi connectivity index (χ1n) is 7.05. The molecule has 2 rings (SSSR count). The summed E-state index contributed by atoms with van der Waals surface area (Å²) in [5, 5.41) is 5.67. The van der Waals surface area contributed by atoms with E-state index in [-0.39, 0.29) is 5.97 Å². The van der Waals surface area contributed by atoms with Gasteiger partial charge in [-0.3, -0.25) is 0 Å². The van der Waals surface area contributed by atoms with Crippen molar-refractivity contribution < 1.29 is 9.53 Å². The number of benzene rings is 1. The summed E-state index contributed by atoms with van der Waals surface area (Å²) in [4.78, 5) is 16.1. The highest BCUT2D eigenvalue weighted by Gasteiger charge is 2.12. The van der Waals surface area contributed by atoms with Crippen molar-refractivity contribution in [3.05, 3.63) is 47.0 Å². The third kappa shape index (κ3) is 5.19. The van der Waals surface area contributed by atoms with Gasteiger partial charge in [0.2, 0.25) is 0 Å². The van der Waals surface area contributed by atoms with E-state index in [1.165, 1.54) is 16.9 Å².